The fourth-order valence-corrected chi connectivity index (χ4v) is 4.01. The summed E-state index contributed by atoms with van der Waals surface area (Å²) >= 11 is 0. The van der Waals surface area contributed by atoms with Gasteiger partial charge in [-0.3, -0.25) is 4.79 Å². The molecule has 2 aromatic carbocycles. The van der Waals surface area contributed by atoms with E-state index in [1.54, 1.807) is 50.4 Å². The third kappa shape index (κ3) is 4.71. The van der Waals surface area contributed by atoms with Crippen LogP contribution in [-0.4, -0.2) is 47.5 Å². The second kappa shape index (κ2) is 9.27. The maximum absolute atomic E-state index is 13.1. The molecule has 0 aliphatic carbocycles. The smallest absolute Gasteiger partial charge is 0.285 e. The van der Waals surface area contributed by atoms with Crippen molar-refractivity contribution in [2.24, 2.45) is 10.1 Å². The number of rotatable bonds is 7. The van der Waals surface area contributed by atoms with Crippen molar-refractivity contribution < 1.29 is 13.2 Å². The molecular weight excluding hydrogens is 458 g/mol. The number of nitrogens with one attached hydrogen (secondary N) is 2. The number of aryl methyl sites for hydroxylation is 2. The van der Waals surface area contributed by atoms with E-state index in [2.05, 4.69) is 30.1 Å². The van der Waals surface area contributed by atoms with E-state index < -0.39 is 20.5 Å². The Bertz CT molecular complexity index is 1550. The molecule has 0 atom stereocenters. The molecule has 34 heavy (non-hydrogen) atoms. The van der Waals surface area contributed by atoms with Crippen molar-refractivity contribution in [3.05, 3.63) is 81.4 Å². The molecule has 174 valence electrons. The molecule has 0 spiro atoms. The predicted molar refractivity (Wildman–Crippen MR) is 128 cm³/mol. The number of fused-ring (bicyclic) bond motifs is 1. The Balaban J connectivity index is 1.75. The molecule has 4 aromatic rings. The van der Waals surface area contributed by atoms with Gasteiger partial charge < -0.3 is 4.74 Å². The molecule has 0 saturated carbocycles. The number of aliphatic imine (C=N–C) groups is 1. The second-order valence-electron chi connectivity index (χ2n) is 7.29. The van der Waals surface area contributed by atoms with Crippen molar-refractivity contribution in [3.8, 4) is 5.75 Å². The highest BCUT2D eigenvalue weighted by molar-refractivity contribution is 7.89. The largest absolute Gasteiger partial charge is 0.497 e. The van der Waals surface area contributed by atoms with Gasteiger partial charge >= 0.3 is 0 Å². The summed E-state index contributed by atoms with van der Waals surface area (Å²) < 4.78 is 32.4. The average Bonchev–Trinajstić information content (AvgIpc) is 3.20. The van der Waals surface area contributed by atoms with Crippen LogP contribution in [0.25, 0.3) is 5.78 Å². The van der Waals surface area contributed by atoms with Crippen LogP contribution < -0.4 is 15.1 Å². The van der Waals surface area contributed by atoms with Gasteiger partial charge in [0.05, 0.1) is 13.3 Å². The summed E-state index contributed by atoms with van der Waals surface area (Å²) in [5, 5.41) is 10.3. The molecule has 0 bridgehead atoms. The fourth-order valence-electron chi connectivity index (χ4n) is 3.07. The zero-order chi connectivity index (χ0) is 24.3. The molecule has 2 heterocycles. The molecule has 4 rings (SSSR count). The Morgan fingerprint density at radius 3 is 2.35 bits per heavy atom. The third-order valence-electron chi connectivity index (χ3n) is 4.85. The van der Waals surface area contributed by atoms with Gasteiger partial charge in [-0.25, -0.2) is 14.5 Å². The molecule has 2 aromatic heterocycles. The van der Waals surface area contributed by atoms with Gasteiger partial charge in [-0.1, -0.05) is 29.8 Å². The first-order chi connectivity index (χ1) is 16.3. The number of ether oxygens (including phenoxy) is 1. The van der Waals surface area contributed by atoms with Gasteiger partial charge in [-0.15, -0.1) is 0 Å². The van der Waals surface area contributed by atoms with Crippen LogP contribution in [0.2, 0.25) is 0 Å². The van der Waals surface area contributed by atoms with Gasteiger partial charge in [0.25, 0.3) is 15.6 Å². The maximum Gasteiger partial charge on any atom is 0.285 e. The van der Waals surface area contributed by atoms with Gasteiger partial charge in [0.15, 0.2) is 10.7 Å². The molecule has 0 fully saturated rings. The molecule has 0 aliphatic heterocycles. The number of aromatic nitrogens is 4. The van der Waals surface area contributed by atoms with Crippen LogP contribution in [-0.2, 0) is 10.0 Å². The Morgan fingerprint density at radius 1 is 1.03 bits per heavy atom. The van der Waals surface area contributed by atoms with Gasteiger partial charge in [-0.05, 0) is 49.2 Å². The van der Waals surface area contributed by atoms with E-state index in [-0.39, 0.29) is 17.4 Å². The van der Waals surface area contributed by atoms with Crippen LogP contribution in [0, 0.1) is 13.8 Å². The van der Waals surface area contributed by atoms with E-state index >= 15 is 0 Å². The monoisotopic (exact) mass is 479 g/mol. The number of sulfonamides is 1. The van der Waals surface area contributed by atoms with E-state index in [0.717, 1.165) is 9.96 Å². The van der Waals surface area contributed by atoms with E-state index in [1.807, 2.05) is 19.1 Å². The zero-order valence-electron chi connectivity index (χ0n) is 18.6. The van der Waals surface area contributed by atoms with E-state index in [0.29, 0.717) is 16.9 Å². The predicted octanol–water partition coefficient (Wildman–Crippen LogP) is 2.11. The highest BCUT2D eigenvalue weighted by Gasteiger charge is 2.27. The summed E-state index contributed by atoms with van der Waals surface area (Å²) in [6.45, 7) is 3.48. The standard InChI is InChI=1S/C22H21N7O4S/c1-14-4-6-17(7-5-14)13-24-28-34(31,32)19-20(23-12-16-8-10-18(33-3)11-9-16)25-22-27-26-15(2)29(22)21(19)30/h4-13,28H,1-3H3,(H,25,27)/b23-12+,24-13+. The number of aromatic amines is 1. The fraction of sp³-hybridized carbons (Fsp3) is 0.136. The lowest BCUT2D eigenvalue weighted by Crippen LogP contribution is -2.29. The SMILES string of the molecule is COc1ccc(/C=N/c2nc3[nH]nc(C)n3c(=O)c2S(=O)(=O)N/N=C/c2ccc(C)cc2)cc1. The molecule has 0 unspecified atom stereocenters. The molecule has 2 N–H and O–H groups in total. The Kier molecular flexibility index (Phi) is 6.23. The quantitative estimate of drug-likeness (QED) is 0.307. The lowest BCUT2D eigenvalue weighted by Gasteiger charge is -2.06. The summed E-state index contributed by atoms with van der Waals surface area (Å²) in [6, 6.07) is 14.2. The minimum Gasteiger partial charge on any atom is -0.497 e. The van der Waals surface area contributed by atoms with Crippen molar-refractivity contribution >= 4 is 34.0 Å². The molecular formula is C22H21N7O4S. The Morgan fingerprint density at radius 2 is 1.68 bits per heavy atom. The Labute approximate surface area is 194 Å². The van der Waals surface area contributed by atoms with Crippen LogP contribution in [0.5, 0.6) is 5.75 Å². The maximum atomic E-state index is 13.1. The van der Waals surface area contributed by atoms with E-state index in [1.165, 1.54) is 12.4 Å². The number of H-pyrrole nitrogens is 1. The van der Waals surface area contributed by atoms with Crippen LogP contribution in [0.1, 0.15) is 22.5 Å². The van der Waals surface area contributed by atoms with Crippen molar-refractivity contribution in [2.45, 2.75) is 18.7 Å². The molecule has 0 amide bonds. The topological polar surface area (TPSA) is 143 Å². The minimum atomic E-state index is -4.42. The van der Waals surface area contributed by atoms with Crippen molar-refractivity contribution in [2.75, 3.05) is 7.11 Å². The minimum absolute atomic E-state index is 0.0616. The number of hydrogen-bond donors (Lipinski definition) is 2. The average molecular weight is 480 g/mol. The summed E-state index contributed by atoms with van der Waals surface area (Å²) in [5.41, 5.74) is 1.54. The molecule has 0 aliphatic rings. The van der Waals surface area contributed by atoms with Gasteiger partial charge in [-0.2, -0.15) is 28.4 Å². The number of nitrogens with zero attached hydrogens (tertiary/aromatic N) is 5. The third-order valence-corrected chi connectivity index (χ3v) is 6.09. The summed E-state index contributed by atoms with van der Waals surface area (Å²) in [6.07, 6.45) is 2.74. The summed E-state index contributed by atoms with van der Waals surface area (Å²) in [5.74, 6) is 0.661. The lowest BCUT2D eigenvalue weighted by molar-refractivity contribution is 0.415. The molecule has 12 heteroatoms. The van der Waals surface area contributed by atoms with Crippen molar-refractivity contribution in [1.82, 2.24) is 24.4 Å². The van der Waals surface area contributed by atoms with E-state index in [9.17, 15) is 13.2 Å². The van der Waals surface area contributed by atoms with Crippen LogP contribution in [0.4, 0.5) is 5.82 Å². The number of methoxy groups -OCH3 is 1. The number of hydrogen-bond acceptors (Lipinski definition) is 8. The normalized spacial score (nSPS) is 12.1. The number of hydrazone groups is 1. The first-order valence-electron chi connectivity index (χ1n) is 10.1. The zero-order valence-corrected chi connectivity index (χ0v) is 19.4. The molecule has 0 radical (unpaired) electrons. The van der Waals surface area contributed by atoms with Gasteiger partial charge in [0.1, 0.15) is 11.6 Å². The Hall–Kier alpha value is -4.32. The summed E-state index contributed by atoms with van der Waals surface area (Å²) in [7, 11) is -2.87. The van der Waals surface area contributed by atoms with Gasteiger partial charge in [0, 0.05) is 6.21 Å². The first-order valence-corrected chi connectivity index (χ1v) is 11.5. The van der Waals surface area contributed by atoms with E-state index in [4.69, 9.17) is 4.74 Å². The highest BCUT2D eigenvalue weighted by atomic mass is 32.2. The lowest BCUT2D eigenvalue weighted by atomic mass is 10.2. The van der Waals surface area contributed by atoms with Crippen molar-refractivity contribution in [3.63, 3.8) is 0 Å². The van der Waals surface area contributed by atoms with Gasteiger partial charge in [0.2, 0.25) is 5.78 Å². The first kappa shape index (κ1) is 22.9. The highest BCUT2D eigenvalue weighted by Crippen LogP contribution is 2.20. The molecule has 11 nitrogen and oxygen atoms in total. The second-order valence-corrected chi connectivity index (χ2v) is 8.89. The molecule has 0 saturated heterocycles. The summed E-state index contributed by atoms with van der Waals surface area (Å²) in [4.78, 5) is 23.0. The van der Waals surface area contributed by atoms with Crippen molar-refractivity contribution in [1.29, 1.82) is 0 Å². The van der Waals surface area contributed by atoms with Crippen LogP contribution in [0.3, 0.4) is 0 Å². The van der Waals surface area contributed by atoms with Crippen LogP contribution >= 0.6 is 0 Å². The van der Waals surface area contributed by atoms with Crippen LogP contribution in [0.15, 0.2) is 68.3 Å². The number of benzene rings is 2.